The lowest BCUT2D eigenvalue weighted by atomic mass is 9.83. The summed E-state index contributed by atoms with van der Waals surface area (Å²) >= 11 is 0. The van der Waals surface area contributed by atoms with Gasteiger partial charge in [0.15, 0.2) is 5.96 Å². The Morgan fingerprint density at radius 1 is 1.15 bits per heavy atom. The number of ether oxygens (including phenoxy) is 1. The Morgan fingerprint density at radius 3 is 2.44 bits per heavy atom. The van der Waals surface area contributed by atoms with Gasteiger partial charge in [-0.25, -0.2) is 0 Å². The van der Waals surface area contributed by atoms with Crippen molar-refractivity contribution in [2.75, 3.05) is 66.1 Å². The van der Waals surface area contributed by atoms with Gasteiger partial charge in [-0.3, -0.25) is 14.7 Å². The van der Waals surface area contributed by atoms with Gasteiger partial charge in [-0.1, -0.05) is 12.8 Å². The molecule has 2 rings (SSSR count). The van der Waals surface area contributed by atoms with E-state index in [0.717, 1.165) is 71.3 Å². The molecule has 1 amide bonds. The van der Waals surface area contributed by atoms with Crippen LogP contribution in [-0.4, -0.2) is 87.7 Å². The summed E-state index contributed by atoms with van der Waals surface area (Å²) < 4.78 is 5.33. The van der Waals surface area contributed by atoms with Gasteiger partial charge in [0.05, 0.1) is 0 Å². The van der Waals surface area contributed by atoms with E-state index in [-0.39, 0.29) is 5.91 Å². The number of hydrogen-bond acceptors (Lipinski definition) is 4. The second-order valence-corrected chi connectivity index (χ2v) is 7.92. The molecule has 2 aliphatic rings. The predicted molar refractivity (Wildman–Crippen MR) is 110 cm³/mol. The average Bonchev–Trinajstić information content (AvgIpc) is 3.14. The number of nitrogens with zero attached hydrogens (tertiary/aromatic N) is 3. The third-order valence-electron chi connectivity index (χ3n) is 5.96. The molecular formula is C20H39N5O2. The second-order valence-electron chi connectivity index (χ2n) is 7.92. The maximum absolute atomic E-state index is 11.4. The number of carbonyl (C=O) groups is 1. The van der Waals surface area contributed by atoms with Crippen LogP contribution in [-0.2, 0) is 9.53 Å². The van der Waals surface area contributed by atoms with E-state index in [9.17, 15) is 4.79 Å². The van der Waals surface area contributed by atoms with Crippen LogP contribution in [0.1, 0.15) is 46.0 Å². The van der Waals surface area contributed by atoms with Crippen LogP contribution in [0.5, 0.6) is 0 Å². The summed E-state index contributed by atoms with van der Waals surface area (Å²) in [5.41, 5.74) is 0.321. The van der Waals surface area contributed by atoms with Crippen molar-refractivity contribution in [1.82, 2.24) is 20.4 Å². The van der Waals surface area contributed by atoms with E-state index in [1.165, 1.54) is 25.7 Å². The van der Waals surface area contributed by atoms with Crippen LogP contribution in [0.3, 0.4) is 0 Å². The van der Waals surface area contributed by atoms with Crippen LogP contribution in [0.2, 0.25) is 0 Å². The molecule has 0 aromatic heterocycles. The zero-order chi connectivity index (χ0) is 19.5. The highest BCUT2D eigenvalue weighted by Gasteiger charge is 2.33. The minimum atomic E-state index is 0.184. The zero-order valence-electron chi connectivity index (χ0n) is 17.6. The smallest absolute Gasteiger partial charge is 0.219 e. The van der Waals surface area contributed by atoms with Crippen molar-refractivity contribution >= 4 is 11.9 Å². The summed E-state index contributed by atoms with van der Waals surface area (Å²) in [5, 5.41) is 6.86. The highest BCUT2D eigenvalue weighted by molar-refractivity contribution is 5.79. The molecule has 2 N–H and O–H groups in total. The molecule has 156 valence electrons. The van der Waals surface area contributed by atoms with Crippen molar-refractivity contribution < 1.29 is 9.53 Å². The van der Waals surface area contributed by atoms with Crippen molar-refractivity contribution in [3.8, 4) is 0 Å². The summed E-state index contributed by atoms with van der Waals surface area (Å²) in [6.07, 6.45) is 6.26. The van der Waals surface area contributed by atoms with Gasteiger partial charge in [-0.2, -0.15) is 0 Å². The minimum absolute atomic E-state index is 0.184. The van der Waals surface area contributed by atoms with E-state index in [1.54, 1.807) is 14.0 Å². The van der Waals surface area contributed by atoms with E-state index in [4.69, 9.17) is 9.73 Å². The molecule has 7 heteroatoms. The number of hydrogen-bond donors (Lipinski definition) is 2. The Bertz CT molecular complexity index is 469. The number of nitrogens with one attached hydrogen (secondary N) is 2. The number of rotatable bonds is 9. The highest BCUT2D eigenvalue weighted by atomic mass is 16.5. The summed E-state index contributed by atoms with van der Waals surface area (Å²) in [6.45, 7) is 11.8. The number of methoxy groups -OCH3 is 1. The van der Waals surface area contributed by atoms with Gasteiger partial charge >= 0.3 is 0 Å². The van der Waals surface area contributed by atoms with Crippen LogP contribution < -0.4 is 10.6 Å². The Hall–Kier alpha value is -1.34. The normalized spacial score (nSPS) is 20.7. The van der Waals surface area contributed by atoms with Crippen LogP contribution in [0, 0.1) is 5.41 Å². The molecule has 0 radical (unpaired) electrons. The summed E-state index contributed by atoms with van der Waals surface area (Å²) in [7, 11) is 1.79. The molecule has 0 atom stereocenters. The van der Waals surface area contributed by atoms with E-state index in [1.807, 2.05) is 4.90 Å². The molecule has 1 heterocycles. The second kappa shape index (κ2) is 11.5. The molecule has 1 saturated heterocycles. The molecule has 0 spiro atoms. The zero-order valence-corrected chi connectivity index (χ0v) is 17.6. The van der Waals surface area contributed by atoms with E-state index >= 15 is 0 Å². The Labute approximate surface area is 164 Å². The SMILES string of the molecule is CCNC(=NCC1(CCOC)CCCC1)NCCN1CCN(C(C)=O)CC1. The first-order chi connectivity index (χ1) is 13.1. The predicted octanol–water partition coefficient (Wildman–Crippen LogP) is 1.30. The van der Waals surface area contributed by atoms with Gasteiger partial charge in [0.1, 0.15) is 0 Å². The Balaban J connectivity index is 1.77. The molecule has 0 unspecified atom stereocenters. The maximum Gasteiger partial charge on any atom is 0.219 e. The first-order valence-corrected chi connectivity index (χ1v) is 10.6. The van der Waals surface area contributed by atoms with Crippen LogP contribution in [0.4, 0.5) is 0 Å². The summed E-state index contributed by atoms with van der Waals surface area (Å²) in [5.74, 6) is 1.10. The number of piperazine rings is 1. The monoisotopic (exact) mass is 381 g/mol. The summed E-state index contributed by atoms with van der Waals surface area (Å²) in [6, 6.07) is 0. The molecular weight excluding hydrogens is 342 g/mol. The van der Waals surface area contributed by atoms with Crippen molar-refractivity contribution in [3.05, 3.63) is 0 Å². The van der Waals surface area contributed by atoms with Crippen molar-refractivity contribution in [2.24, 2.45) is 10.4 Å². The topological polar surface area (TPSA) is 69.2 Å². The number of guanidine groups is 1. The summed E-state index contributed by atoms with van der Waals surface area (Å²) in [4.78, 5) is 20.7. The van der Waals surface area contributed by atoms with Gasteiger partial charge in [-0.15, -0.1) is 0 Å². The van der Waals surface area contributed by atoms with Gasteiger partial charge in [0.2, 0.25) is 5.91 Å². The molecule has 27 heavy (non-hydrogen) atoms. The first kappa shape index (κ1) is 22.0. The largest absolute Gasteiger partial charge is 0.385 e. The van der Waals surface area contributed by atoms with Crippen molar-refractivity contribution in [1.29, 1.82) is 0 Å². The Morgan fingerprint density at radius 2 is 1.85 bits per heavy atom. The van der Waals surface area contributed by atoms with Gasteiger partial charge in [0.25, 0.3) is 0 Å². The van der Waals surface area contributed by atoms with Gasteiger partial charge < -0.3 is 20.3 Å². The third-order valence-corrected chi connectivity index (χ3v) is 5.96. The lowest BCUT2D eigenvalue weighted by Gasteiger charge is -2.34. The maximum atomic E-state index is 11.4. The molecule has 0 aromatic carbocycles. The minimum Gasteiger partial charge on any atom is -0.385 e. The standard InChI is InChI=1S/C20H39N5O2/c1-4-21-19(23-17-20(9-16-27-3)7-5-6-8-20)22-10-11-24-12-14-25(15-13-24)18(2)26/h4-17H2,1-3H3,(H2,21,22,23). The molecule has 1 aliphatic heterocycles. The quantitative estimate of drug-likeness (QED) is 0.465. The van der Waals surface area contributed by atoms with Crippen molar-refractivity contribution in [2.45, 2.75) is 46.0 Å². The lowest BCUT2D eigenvalue weighted by Crippen LogP contribution is -2.50. The molecule has 7 nitrogen and oxygen atoms in total. The fourth-order valence-corrected chi connectivity index (χ4v) is 4.14. The third kappa shape index (κ3) is 7.30. The fraction of sp³-hybridized carbons (Fsp3) is 0.900. The van der Waals surface area contributed by atoms with Crippen LogP contribution >= 0.6 is 0 Å². The van der Waals surface area contributed by atoms with E-state index in [0.29, 0.717) is 5.41 Å². The van der Waals surface area contributed by atoms with Crippen LogP contribution in [0.15, 0.2) is 4.99 Å². The molecule has 0 bridgehead atoms. The first-order valence-electron chi connectivity index (χ1n) is 10.6. The highest BCUT2D eigenvalue weighted by Crippen LogP contribution is 2.41. The number of amides is 1. The number of carbonyl (C=O) groups excluding carboxylic acids is 1. The number of aliphatic imine (C=N–C) groups is 1. The Kier molecular flexibility index (Phi) is 9.34. The van der Waals surface area contributed by atoms with Crippen LogP contribution in [0.25, 0.3) is 0 Å². The average molecular weight is 382 g/mol. The molecule has 1 aliphatic carbocycles. The molecule has 1 saturated carbocycles. The molecule has 0 aromatic rings. The van der Waals surface area contributed by atoms with E-state index < -0.39 is 0 Å². The van der Waals surface area contributed by atoms with Gasteiger partial charge in [0, 0.05) is 73.0 Å². The molecule has 2 fully saturated rings. The van der Waals surface area contributed by atoms with E-state index in [2.05, 4.69) is 22.5 Å². The van der Waals surface area contributed by atoms with Crippen molar-refractivity contribution in [3.63, 3.8) is 0 Å². The van der Waals surface area contributed by atoms with Gasteiger partial charge in [-0.05, 0) is 31.6 Å². The lowest BCUT2D eigenvalue weighted by molar-refractivity contribution is -0.130. The fourth-order valence-electron chi connectivity index (χ4n) is 4.14.